The van der Waals surface area contributed by atoms with Gasteiger partial charge in [-0.15, -0.1) is 0 Å². The van der Waals surface area contributed by atoms with E-state index in [0.717, 1.165) is 17.1 Å². The molecule has 2 heterocycles. The first-order valence-corrected chi connectivity index (χ1v) is 11.2. The van der Waals surface area contributed by atoms with Gasteiger partial charge < -0.3 is 10.6 Å². The molecule has 0 unspecified atom stereocenters. The van der Waals surface area contributed by atoms with Crippen molar-refractivity contribution in [2.75, 3.05) is 10.6 Å². The lowest BCUT2D eigenvalue weighted by Gasteiger charge is -2.10. The number of nitrogens with zero attached hydrogens (tertiary/aromatic N) is 4. The van der Waals surface area contributed by atoms with Crippen LogP contribution in [0.15, 0.2) is 54.7 Å². The van der Waals surface area contributed by atoms with Crippen LogP contribution in [0.3, 0.4) is 0 Å². The van der Waals surface area contributed by atoms with Gasteiger partial charge in [0.1, 0.15) is 5.82 Å². The Balaban J connectivity index is 1.42. The zero-order valence-corrected chi connectivity index (χ0v) is 20.1. The minimum absolute atomic E-state index is 0.220. The first kappa shape index (κ1) is 22.9. The number of thiocarbonyl (C=S) groups is 1. The number of rotatable bonds is 6. The predicted octanol–water partition coefficient (Wildman–Crippen LogP) is 5.70. The second-order valence-corrected chi connectivity index (χ2v) is 8.69. The van der Waals surface area contributed by atoms with Crippen molar-refractivity contribution in [3.05, 3.63) is 93.6 Å². The molecule has 0 fully saturated rings. The average Bonchev–Trinajstić information content (AvgIpc) is 3.30. The van der Waals surface area contributed by atoms with Crippen LogP contribution >= 0.6 is 23.8 Å². The quantitative estimate of drug-likeness (QED) is 0.345. The molecule has 0 aliphatic carbocycles. The topological polar surface area (TPSA) is 59.7 Å². The minimum Gasteiger partial charge on any atom is -0.329 e. The maximum atomic E-state index is 14.1. The summed E-state index contributed by atoms with van der Waals surface area (Å²) in [5.41, 5.74) is 5.49. The average molecular weight is 483 g/mol. The van der Waals surface area contributed by atoms with Gasteiger partial charge in [-0.2, -0.15) is 10.2 Å². The van der Waals surface area contributed by atoms with Crippen molar-refractivity contribution in [1.82, 2.24) is 19.6 Å². The van der Waals surface area contributed by atoms with Crippen LogP contribution in [-0.2, 0) is 13.1 Å². The largest absolute Gasteiger partial charge is 0.329 e. The monoisotopic (exact) mass is 482 g/mol. The zero-order chi connectivity index (χ0) is 23.5. The number of anilines is 2. The van der Waals surface area contributed by atoms with Crippen LogP contribution in [0.1, 0.15) is 28.1 Å². The first-order chi connectivity index (χ1) is 15.8. The first-order valence-electron chi connectivity index (χ1n) is 10.4. The Hall–Kier alpha value is -3.23. The highest BCUT2D eigenvalue weighted by molar-refractivity contribution is 7.80. The van der Waals surface area contributed by atoms with Gasteiger partial charge in [0.05, 0.1) is 30.2 Å². The van der Waals surface area contributed by atoms with E-state index in [-0.39, 0.29) is 12.4 Å². The molecule has 170 valence electrons. The number of nitrogens with one attached hydrogen (secondary N) is 2. The number of halogens is 2. The maximum Gasteiger partial charge on any atom is 0.176 e. The van der Waals surface area contributed by atoms with Gasteiger partial charge in [0.2, 0.25) is 0 Å². The Kier molecular flexibility index (Phi) is 6.76. The second-order valence-electron chi connectivity index (χ2n) is 7.87. The van der Waals surface area contributed by atoms with Gasteiger partial charge in [0.15, 0.2) is 10.9 Å². The van der Waals surface area contributed by atoms with Crippen LogP contribution in [0, 0.1) is 26.6 Å². The molecule has 0 saturated heterocycles. The zero-order valence-electron chi connectivity index (χ0n) is 18.6. The molecule has 2 aromatic heterocycles. The van der Waals surface area contributed by atoms with Crippen molar-refractivity contribution in [1.29, 1.82) is 0 Å². The number of benzene rings is 2. The van der Waals surface area contributed by atoms with Gasteiger partial charge in [-0.3, -0.25) is 9.36 Å². The number of hydrogen-bond acceptors (Lipinski definition) is 3. The van der Waals surface area contributed by atoms with Crippen molar-refractivity contribution in [2.45, 2.75) is 33.9 Å². The third-order valence-corrected chi connectivity index (χ3v) is 5.86. The molecule has 0 bridgehead atoms. The Morgan fingerprint density at radius 3 is 2.58 bits per heavy atom. The highest BCUT2D eigenvalue weighted by Gasteiger charge is 2.14. The number of aryl methyl sites for hydroxylation is 2. The Morgan fingerprint density at radius 1 is 1.03 bits per heavy atom. The van der Waals surface area contributed by atoms with Gasteiger partial charge >= 0.3 is 0 Å². The molecular weight excluding hydrogens is 459 g/mol. The lowest BCUT2D eigenvalue weighted by atomic mass is 10.1. The van der Waals surface area contributed by atoms with Crippen LogP contribution < -0.4 is 10.6 Å². The van der Waals surface area contributed by atoms with E-state index in [0.29, 0.717) is 28.1 Å². The molecule has 0 atom stereocenters. The van der Waals surface area contributed by atoms with Crippen molar-refractivity contribution in [3.63, 3.8) is 0 Å². The summed E-state index contributed by atoms with van der Waals surface area (Å²) in [4.78, 5) is 0. The second kappa shape index (κ2) is 9.72. The molecule has 9 heteroatoms. The van der Waals surface area contributed by atoms with E-state index >= 15 is 0 Å². The highest BCUT2D eigenvalue weighted by Crippen LogP contribution is 2.22. The van der Waals surface area contributed by atoms with Crippen molar-refractivity contribution < 1.29 is 4.39 Å². The third kappa shape index (κ3) is 5.40. The molecule has 4 rings (SSSR count). The maximum absolute atomic E-state index is 14.1. The van der Waals surface area contributed by atoms with Crippen molar-refractivity contribution in [2.24, 2.45) is 0 Å². The van der Waals surface area contributed by atoms with Gasteiger partial charge in [0, 0.05) is 22.8 Å². The molecule has 33 heavy (non-hydrogen) atoms. The van der Waals surface area contributed by atoms with Crippen LogP contribution in [0.25, 0.3) is 0 Å². The Labute approximate surface area is 202 Å². The molecular formula is C24H24ClFN6S. The van der Waals surface area contributed by atoms with Crippen LogP contribution in [0.4, 0.5) is 15.9 Å². The molecule has 0 saturated carbocycles. The fraction of sp³-hybridized carbons (Fsp3) is 0.208. The fourth-order valence-corrected chi connectivity index (χ4v) is 4.07. The lowest BCUT2D eigenvalue weighted by molar-refractivity contribution is 0.586. The van der Waals surface area contributed by atoms with Crippen LogP contribution in [0.2, 0.25) is 5.02 Å². The van der Waals surface area contributed by atoms with E-state index in [1.807, 2.05) is 24.6 Å². The van der Waals surface area contributed by atoms with E-state index in [1.54, 1.807) is 29.1 Å². The van der Waals surface area contributed by atoms with E-state index < -0.39 is 0 Å². The van der Waals surface area contributed by atoms with Crippen LogP contribution in [0.5, 0.6) is 0 Å². The SMILES string of the molecule is Cc1cccc(Cn2nc(C)c(NC(=S)Nc3ccn(Cc4c(F)cccc4Cl)n3)c2C)c1. The van der Waals surface area contributed by atoms with Gasteiger partial charge in [-0.05, 0) is 50.7 Å². The van der Waals surface area contributed by atoms with E-state index in [4.69, 9.17) is 23.8 Å². The summed E-state index contributed by atoms with van der Waals surface area (Å²) < 4.78 is 17.6. The van der Waals surface area contributed by atoms with Gasteiger partial charge in [0.25, 0.3) is 0 Å². The third-order valence-electron chi connectivity index (χ3n) is 5.30. The summed E-state index contributed by atoms with van der Waals surface area (Å²) in [6.07, 6.45) is 1.74. The normalized spacial score (nSPS) is 10.9. The summed E-state index contributed by atoms with van der Waals surface area (Å²) in [6, 6.07) is 14.8. The van der Waals surface area contributed by atoms with Crippen molar-refractivity contribution in [3.8, 4) is 0 Å². The molecule has 0 radical (unpaired) electrons. The molecule has 0 aliphatic heterocycles. The number of aromatic nitrogens is 4. The lowest BCUT2D eigenvalue weighted by Crippen LogP contribution is -2.20. The molecule has 2 aromatic carbocycles. The number of hydrogen-bond donors (Lipinski definition) is 2. The molecule has 0 amide bonds. The Morgan fingerprint density at radius 2 is 1.82 bits per heavy atom. The van der Waals surface area contributed by atoms with E-state index in [1.165, 1.54) is 17.2 Å². The molecule has 0 spiro atoms. The summed E-state index contributed by atoms with van der Waals surface area (Å²) in [5.74, 6) is 0.181. The highest BCUT2D eigenvalue weighted by atomic mass is 35.5. The molecule has 2 N–H and O–H groups in total. The Bertz CT molecular complexity index is 1290. The standard InChI is InChI=1S/C24H24ClFN6S/c1-15-6-4-7-18(12-15)13-32-17(3)23(16(2)29-32)28-24(33)27-22-10-11-31(30-22)14-19-20(25)8-5-9-21(19)26/h4-12H,13-14H2,1-3H3,(H2,27,28,30,33). The summed E-state index contributed by atoms with van der Waals surface area (Å²) in [5, 5.41) is 16.1. The smallest absolute Gasteiger partial charge is 0.176 e. The fourth-order valence-electron chi connectivity index (χ4n) is 3.64. The molecule has 0 aliphatic rings. The van der Waals surface area contributed by atoms with Crippen LogP contribution in [-0.4, -0.2) is 24.7 Å². The molecule has 4 aromatic rings. The predicted molar refractivity (Wildman–Crippen MR) is 135 cm³/mol. The summed E-state index contributed by atoms with van der Waals surface area (Å²) >= 11 is 11.6. The molecule has 6 nitrogen and oxygen atoms in total. The van der Waals surface area contributed by atoms with E-state index in [2.05, 4.69) is 46.0 Å². The summed E-state index contributed by atoms with van der Waals surface area (Å²) in [6.45, 7) is 6.93. The van der Waals surface area contributed by atoms with Gasteiger partial charge in [-0.1, -0.05) is 47.5 Å². The van der Waals surface area contributed by atoms with Crippen molar-refractivity contribution >= 4 is 40.4 Å². The summed E-state index contributed by atoms with van der Waals surface area (Å²) in [7, 11) is 0. The van der Waals surface area contributed by atoms with E-state index in [9.17, 15) is 4.39 Å². The van der Waals surface area contributed by atoms with Gasteiger partial charge in [-0.25, -0.2) is 4.39 Å². The minimum atomic E-state index is -0.363.